The molecule has 6 nitrogen and oxygen atoms in total. The summed E-state index contributed by atoms with van der Waals surface area (Å²) in [6, 6.07) is 9.23. The maximum absolute atomic E-state index is 12.6. The number of amides is 2. The second kappa shape index (κ2) is 6.31. The fourth-order valence-electron chi connectivity index (χ4n) is 3.55. The van der Waals surface area contributed by atoms with Gasteiger partial charge in [0.25, 0.3) is 11.8 Å². The van der Waals surface area contributed by atoms with E-state index in [1.165, 1.54) is 0 Å². The van der Waals surface area contributed by atoms with Gasteiger partial charge in [-0.3, -0.25) is 14.9 Å². The third-order valence-electron chi connectivity index (χ3n) is 4.66. The number of nitrogens with zero attached hydrogens (tertiary/aromatic N) is 1. The van der Waals surface area contributed by atoms with Crippen molar-refractivity contribution >= 4 is 22.7 Å². The van der Waals surface area contributed by atoms with Gasteiger partial charge in [-0.25, -0.2) is 0 Å². The highest BCUT2D eigenvalue weighted by atomic mass is 16.5. The van der Waals surface area contributed by atoms with Gasteiger partial charge in [-0.2, -0.15) is 0 Å². The number of carbonyl (C=O) groups excluding carboxylic acids is 2. The lowest BCUT2D eigenvalue weighted by Gasteiger charge is -2.12. The van der Waals surface area contributed by atoms with Gasteiger partial charge >= 0.3 is 0 Å². The van der Waals surface area contributed by atoms with E-state index in [1.807, 2.05) is 41.9 Å². The van der Waals surface area contributed by atoms with Gasteiger partial charge in [-0.1, -0.05) is 30.0 Å². The normalized spacial score (nSPS) is 12.6. The van der Waals surface area contributed by atoms with Crippen molar-refractivity contribution in [2.75, 3.05) is 13.7 Å². The number of carbonyl (C=O) groups is 2. The van der Waals surface area contributed by atoms with Gasteiger partial charge in [0, 0.05) is 31.2 Å². The van der Waals surface area contributed by atoms with Crippen molar-refractivity contribution in [2.45, 2.75) is 0 Å². The molecule has 0 atom stereocenters. The second-order valence-corrected chi connectivity index (χ2v) is 6.17. The summed E-state index contributed by atoms with van der Waals surface area (Å²) in [5.41, 5.74) is 3.33. The third kappa shape index (κ3) is 2.48. The van der Waals surface area contributed by atoms with Crippen molar-refractivity contribution in [1.29, 1.82) is 0 Å². The van der Waals surface area contributed by atoms with Crippen LogP contribution in [0.3, 0.4) is 0 Å². The molecule has 4 rings (SSSR count). The first-order valence-electron chi connectivity index (χ1n) is 8.31. The number of nitrogens with one attached hydrogen (secondary N) is 1. The smallest absolute Gasteiger partial charge is 0.259 e. The summed E-state index contributed by atoms with van der Waals surface area (Å²) in [5, 5.41) is 12.0. The van der Waals surface area contributed by atoms with E-state index in [0.717, 1.165) is 11.1 Å². The molecule has 0 saturated heterocycles. The third-order valence-corrected chi connectivity index (χ3v) is 4.66. The Morgan fingerprint density at radius 2 is 1.93 bits per heavy atom. The fraction of sp³-hybridized carbons (Fsp3) is 0.143. The van der Waals surface area contributed by atoms with Crippen molar-refractivity contribution in [2.24, 2.45) is 7.05 Å². The lowest BCUT2D eigenvalue weighted by atomic mass is 9.92. The minimum absolute atomic E-state index is 0. The number of ether oxygens (including phenoxy) is 1. The van der Waals surface area contributed by atoms with E-state index in [0.29, 0.717) is 33.4 Å². The Balaban J connectivity index is 0.00000225. The highest BCUT2D eigenvalue weighted by molar-refractivity contribution is 6.29. The lowest BCUT2D eigenvalue weighted by Crippen LogP contribution is -2.20. The standard InChI is InChI=1S/C21H16N2O4.H2/c1-23-11-12(6-5-9-24)17-15(23)10-14(13-7-3-4-8-16(13)27-2)18-19(17)21(26)22-20(18)25;/h3-4,7-8,10-11,24H,9H2,1-2H3,(H,22,25,26);1H. The monoisotopic (exact) mass is 362 g/mol. The Morgan fingerprint density at radius 3 is 2.67 bits per heavy atom. The Labute approximate surface area is 156 Å². The van der Waals surface area contributed by atoms with E-state index in [-0.39, 0.29) is 8.03 Å². The number of hydrogen-bond acceptors (Lipinski definition) is 4. The quantitative estimate of drug-likeness (QED) is 0.542. The number of imide groups is 1. The number of aliphatic hydroxyl groups is 1. The van der Waals surface area contributed by atoms with E-state index in [2.05, 4.69) is 17.2 Å². The van der Waals surface area contributed by atoms with Crippen LogP contribution in [-0.2, 0) is 7.05 Å². The van der Waals surface area contributed by atoms with E-state index >= 15 is 0 Å². The zero-order chi connectivity index (χ0) is 19.1. The van der Waals surface area contributed by atoms with Gasteiger partial charge in [0.15, 0.2) is 0 Å². The zero-order valence-electron chi connectivity index (χ0n) is 14.8. The minimum atomic E-state index is -0.449. The van der Waals surface area contributed by atoms with Crippen molar-refractivity contribution in [3.8, 4) is 28.7 Å². The summed E-state index contributed by atoms with van der Waals surface area (Å²) in [5.74, 6) is 5.20. The number of methoxy groups -OCH3 is 1. The van der Waals surface area contributed by atoms with Gasteiger partial charge < -0.3 is 14.4 Å². The van der Waals surface area contributed by atoms with Gasteiger partial charge in [0.1, 0.15) is 12.4 Å². The maximum Gasteiger partial charge on any atom is 0.259 e. The SMILES string of the molecule is COc1ccccc1-c1cc2c(c(C#CCO)cn2C)c2c1C(=O)NC2=O.[HH]. The van der Waals surface area contributed by atoms with Crippen LogP contribution >= 0.6 is 0 Å². The predicted molar refractivity (Wildman–Crippen MR) is 103 cm³/mol. The molecular weight excluding hydrogens is 344 g/mol. The molecule has 0 fully saturated rings. The summed E-state index contributed by atoms with van der Waals surface area (Å²) < 4.78 is 7.30. The summed E-state index contributed by atoms with van der Waals surface area (Å²) in [6.45, 7) is -0.289. The Bertz CT molecular complexity index is 1180. The van der Waals surface area contributed by atoms with Crippen molar-refractivity contribution < 1.29 is 20.9 Å². The molecular formula is C21H18N2O4. The predicted octanol–water partition coefficient (Wildman–Crippen LogP) is 2.33. The average Bonchev–Trinajstić information content (AvgIpc) is 3.15. The molecule has 2 N–H and O–H groups in total. The molecule has 0 bridgehead atoms. The van der Waals surface area contributed by atoms with E-state index in [4.69, 9.17) is 9.84 Å². The van der Waals surface area contributed by atoms with E-state index in [1.54, 1.807) is 13.3 Å². The topological polar surface area (TPSA) is 80.6 Å². The van der Waals surface area contributed by atoms with E-state index < -0.39 is 11.8 Å². The van der Waals surface area contributed by atoms with Crippen LogP contribution in [0, 0.1) is 11.8 Å². The second-order valence-electron chi connectivity index (χ2n) is 6.17. The lowest BCUT2D eigenvalue weighted by molar-refractivity contribution is 0.0880. The molecule has 2 aromatic carbocycles. The summed E-state index contributed by atoms with van der Waals surface area (Å²) in [6.07, 6.45) is 1.79. The minimum Gasteiger partial charge on any atom is -0.496 e. The molecule has 0 radical (unpaired) electrons. The van der Waals surface area contributed by atoms with Crippen LogP contribution in [0.2, 0.25) is 0 Å². The number of fused-ring (bicyclic) bond motifs is 3. The summed E-state index contributed by atoms with van der Waals surface area (Å²) in [4.78, 5) is 25.2. The number of para-hydroxylation sites is 1. The van der Waals surface area contributed by atoms with Gasteiger partial charge in [0.05, 0.1) is 29.3 Å². The Morgan fingerprint density at radius 1 is 1.19 bits per heavy atom. The van der Waals surface area contributed by atoms with Crippen LogP contribution < -0.4 is 10.1 Å². The molecule has 1 aromatic heterocycles. The highest BCUT2D eigenvalue weighted by Crippen LogP contribution is 2.40. The molecule has 1 aliphatic heterocycles. The number of aliphatic hydroxyl groups excluding tert-OH is 1. The average molecular weight is 362 g/mol. The van der Waals surface area contributed by atoms with Crippen LogP contribution in [0.15, 0.2) is 36.5 Å². The Kier molecular flexibility index (Phi) is 3.94. The highest BCUT2D eigenvalue weighted by Gasteiger charge is 2.34. The first-order chi connectivity index (χ1) is 13.1. The van der Waals surface area contributed by atoms with Gasteiger partial charge in [0.2, 0.25) is 0 Å². The Hall–Kier alpha value is -3.56. The number of aromatic nitrogens is 1. The zero-order valence-corrected chi connectivity index (χ0v) is 14.8. The molecule has 6 heteroatoms. The van der Waals surface area contributed by atoms with Crippen molar-refractivity contribution in [1.82, 2.24) is 9.88 Å². The van der Waals surface area contributed by atoms with Crippen LogP contribution in [0.5, 0.6) is 5.75 Å². The summed E-state index contributed by atoms with van der Waals surface area (Å²) in [7, 11) is 3.41. The number of aryl methyl sites for hydroxylation is 1. The first kappa shape index (κ1) is 16.9. The van der Waals surface area contributed by atoms with Crippen LogP contribution in [-0.4, -0.2) is 35.2 Å². The van der Waals surface area contributed by atoms with Crippen LogP contribution in [0.25, 0.3) is 22.0 Å². The van der Waals surface area contributed by atoms with Gasteiger partial charge in [-0.15, -0.1) is 0 Å². The molecule has 0 aliphatic carbocycles. The maximum atomic E-state index is 12.6. The summed E-state index contributed by atoms with van der Waals surface area (Å²) >= 11 is 0. The van der Waals surface area contributed by atoms with E-state index in [9.17, 15) is 9.59 Å². The molecule has 27 heavy (non-hydrogen) atoms. The molecule has 2 heterocycles. The fourth-order valence-corrected chi connectivity index (χ4v) is 3.55. The molecule has 3 aromatic rings. The van der Waals surface area contributed by atoms with Crippen LogP contribution in [0.1, 0.15) is 27.7 Å². The molecule has 2 amide bonds. The first-order valence-corrected chi connectivity index (χ1v) is 8.31. The largest absolute Gasteiger partial charge is 0.496 e. The molecule has 136 valence electrons. The number of rotatable bonds is 2. The van der Waals surface area contributed by atoms with Gasteiger partial charge in [-0.05, 0) is 12.1 Å². The van der Waals surface area contributed by atoms with Crippen molar-refractivity contribution in [3.63, 3.8) is 0 Å². The van der Waals surface area contributed by atoms with Crippen molar-refractivity contribution in [3.05, 3.63) is 53.2 Å². The molecule has 1 aliphatic rings. The molecule has 0 saturated carbocycles. The number of benzene rings is 2. The van der Waals surface area contributed by atoms with Crippen LogP contribution in [0.4, 0.5) is 0 Å². The molecule has 0 spiro atoms. The molecule has 0 unspecified atom stereocenters. The number of hydrogen-bond donors (Lipinski definition) is 2.